The van der Waals surface area contributed by atoms with Gasteiger partial charge in [-0.1, -0.05) is 6.92 Å². The highest BCUT2D eigenvalue weighted by Gasteiger charge is 2.07. The molecule has 0 aliphatic carbocycles. The number of hydrogen-bond acceptors (Lipinski definition) is 3. The average Bonchev–Trinajstić information content (AvgIpc) is 1.91. The minimum atomic E-state index is 0.576. The molecule has 0 aromatic heterocycles. The van der Waals surface area contributed by atoms with Crippen LogP contribution in [0.4, 0.5) is 0 Å². The molecule has 1 atom stereocenters. The molecule has 0 saturated carbocycles. The summed E-state index contributed by atoms with van der Waals surface area (Å²) in [6, 6.07) is 0.576. The largest absolute Gasteiger partial charge is 0.318 e. The molecule has 0 saturated heterocycles. The van der Waals surface area contributed by atoms with E-state index in [1.165, 1.54) is 0 Å². The SMILES string of the molecule is CCN(CN)C(C)CCS. The van der Waals surface area contributed by atoms with Crippen molar-refractivity contribution in [3.8, 4) is 0 Å². The molecular weight excluding hydrogens is 144 g/mol. The number of rotatable bonds is 5. The Kier molecular flexibility index (Phi) is 6.17. The van der Waals surface area contributed by atoms with Crippen molar-refractivity contribution in [1.29, 1.82) is 0 Å². The van der Waals surface area contributed by atoms with Crippen LogP contribution >= 0.6 is 12.6 Å². The fourth-order valence-electron chi connectivity index (χ4n) is 0.990. The first-order valence-corrected chi connectivity index (χ1v) is 4.44. The van der Waals surface area contributed by atoms with Crippen LogP contribution in [-0.2, 0) is 0 Å². The molecule has 0 spiro atoms. The summed E-state index contributed by atoms with van der Waals surface area (Å²) in [5, 5.41) is 0. The second-order valence-electron chi connectivity index (χ2n) is 2.45. The van der Waals surface area contributed by atoms with E-state index in [0.29, 0.717) is 12.7 Å². The van der Waals surface area contributed by atoms with Crippen LogP contribution in [-0.4, -0.2) is 29.9 Å². The topological polar surface area (TPSA) is 29.3 Å². The molecular formula is C7H18N2S. The molecule has 2 N–H and O–H groups in total. The Morgan fingerprint density at radius 2 is 2.20 bits per heavy atom. The van der Waals surface area contributed by atoms with Gasteiger partial charge in [-0.25, -0.2) is 0 Å². The first kappa shape index (κ1) is 10.3. The minimum Gasteiger partial charge on any atom is -0.318 e. The van der Waals surface area contributed by atoms with E-state index < -0.39 is 0 Å². The van der Waals surface area contributed by atoms with E-state index in [2.05, 4.69) is 31.4 Å². The molecule has 10 heavy (non-hydrogen) atoms. The molecule has 0 heterocycles. The summed E-state index contributed by atoms with van der Waals surface area (Å²) in [5.41, 5.74) is 5.52. The quantitative estimate of drug-likeness (QED) is 0.465. The van der Waals surface area contributed by atoms with Crippen molar-refractivity contribution in [2.45, 2.75) is 26.3 Å². The van der Waals surface area contributed by atoms with E-state index >= 15 is 0 Å². The molecule has 0 aromatic carbocycles. The van der Waals surface area contributed by atoms with Crippen molar-refractivity contribution < 1.29 is 0 Å². The van der Waals surface area contributed by atoms with Gasteiger partial charge in [-0.05, 0) is 25.6 Å². The lowest BCUT2D eigenvalue weighted by molar-refractivity contribution is 0.222. The predicted molar refractivity (Wildman–Crippen MR) is 49.4 cm³/mol. The van der Waals surface area contributed by atoms with Crippen molar-refractivity contribution in [2.24, 2.45) is 5.73 Å². The summed E-state index contributed by atoms with van der Waals surface area (Å²) < 4.78 is 0. The van der Waals surface area contributed by atoms with Gasteiger partial charge in [0.25, 0.3) is 0 Å². The lowest BCUT2D eigenvalue weighted by Gasteiger charge is -2.25. The van der Waals surface area contributed by atoms with Gasteiger partial charge in [-0.15, -0.1) is 0 Å². The molecule has 0 amide bonds. The summed E-state index contributed by atoms with van der Waals surface area (Å²) in [5.74, 6) is 0.942. The lowest BCUT2D eigenvalue weighted by atomic mass is 10.2. The van der Waals surface area contributed by atoms with Gasteiger partial charge in [0.15, 0.2) is 0 Å². The zero-order chi connectivity index (χ0) is 7.98. The third kappa shape index (κ3) is 3.44. The van der Waals surface area contributed by atoms with Gasteiger partial charge in [-0.3, -0.25) is 4.90 Å². The van der Waals surface area contributed by atoms with Crippen molar-refractivity contribution in [3.05, 3.63) is 0 Å². The van der Waals surface area contributed by atoms with E-state index in [1.54, 1.807) is 0 Å². The van der Waals surface area contributed by atoms with Gasteiger partial charge < -0.3 is 5.73 Å². The molecule has 1 unspecified atom stereocenters. The molecule has 0 aliphatic heterocycles. The number of nitrogens with zero attached hydrogens (tertiary/aromatic N) is 1. The Morgan fingerprint density at radius 3 is 2.50 bits per heavy atom. The smallest absolute Gasteiger partial charge is 0.0457 e. The van der Waals surface area contributed by atoms with E-state index in [9.17, 15) is 0 Å². The number of hydrogen-bond donors (Lipinski definition) is 2. The maximum absolute atomic E-state index is 5.52. The Morgan fingerprint density at radius 1 is 1.60 bits per heavy atom. The second-order valence-corrected chi connectivity index (χ2v) is 2.90. The van der Waals surface area contributed by atoms with Gasteiger partial charge >= 0.3 is 0 Å². The molecule has 0 aliphatic rings. The number of nitrogens with two attached hydrogens (primary N) is 1. The highest BCUT2D eigenvalue weighted by atomic mass is 32.1. The Labute approximate surface area is 69.2 Å². The van der Waals surface area contributed by atoms with E-state index in [0.717, 1.165) is 18.7 Å². The zero-order valence-corrected chi connectivity index (χ0v) is 7.77. The van der Waals surface area contributed by atoms with Crippen molar-refractivity contribution in [1.82, 2.24) is 4.90 Å². The summed E-state index contributed by atoms with van der Waals surface area (Å²) in [6.45, 7) is 6.01. The monoisotopic (exact) mass is 162 g/mol. The zero-order valence-electron chi connectivity index (χ0n) is 6.88. The molecule has 0 bridgehead atoms. The van der Waals surface area contributed by atoms with E-state index in [-0.39, 0.29) is 0 Å². The van der Waals surface area contributed by atoms with Crippen LogP contribution in [0, 0.1) is 0 Å². The van der Waals surface area contributed by atoms with Gasteiger partial charge in [0, 0.05) is 12.7 Å². The first-order valence-electron chi connectivity index (χ1n) is 3.81. The fraction of sp³-hybridized carbons (Fsp3) is 1.00. The molecule has 3 heteroatoms. The standard InChI is InChI=1S/C7H18N2S/c1-3-9(6-8)7(2)4-5-10/h7,10H,3-6,8H2,1-2H3. The van der Waals surface area contributed by atoms with Crippen LogP contribution in [0.25, 0.3) is 0 Å². The Bertz CT molecular complexity index is 74.0. The van der Waals surface area contributed by atoms with Crippen LogP contribution in [0.3, 0.4) is 0 Å². The van der Waals surface area contributed by atoms with Gasteiger partial charge in [-0.2, -0.15) is 12.6 Å². The van der Waals surface area contributed by atoms with Crippen LogP contribution < -0.4 is 5.73 Å². The highest BCUT2D eigenvalue weighted by Crippen LogP contribution is 2.01. The minimum absolute atomic E-state index is 0.576. The maximum Gasteiger partial charge on any atom is 0.0457 e. The third-order valence-electron chi connectivity index (χ3n) is 1.81. The van der Waals surface area contributed by atoms with Gasteiger partial charge in [0.05, 0.1) is 0 Å². The Balaban J connectivity index is 3.53. The van der Waals surface area contributed by atoms with Crippen LogP contribution in [0.15, 0.2) is 0 Å². The summed E-state index contributed by atoms with van der Waals surface area (Å²) in [7, 11) is 0. The highest BCUT2D eigenvalue weighted by molar-refractivity contribution is 7.80. The predicted octanol–water partition coefficient (Wildman–Crippen LogP) is 0.933. The summed E-state index contributed by atoms with van der Waals surface area (Å²) in [4.78, 5) is 2.23. The second kappa shape index (κ2) is 6.01. The molecule has 0 fully saturated rings. The van der Waals surface area contributed by atoms with Crippen LogP contribution in [0.1, 0.15) is 20.3 Å². The average molecular weight is 162 g/mol. The van der Waals surface area contributed by atoms with E-state index in [1.807, 2.05) is 0 Å². The first-order chi connectivity index (χ1) is 4.76. The number of thiol groups is 1. The van der Waals surface area contributed by atoms with Crippen molar-refractivity contribution >= 4 is 12.6 Å². The lowest BCUT2D eigenvalue weighted by Crippen LogP contribution is -2.37. The fourth-order valence-corrected chi connectivity index (χ4v) is 1.36. The normalized spacial score (nSPS) is 14.1. The molecule has 0 aromatic rings. The van der Waals surface area contributed by atoms with Gasteiger partial charge in [0.2, 0.25) is 0 Å². The third-order valence-corrected chi connectivity index (χ3v) is 2.07. The molecule has 0 rings (SSSR count). The summed E-state index contributed by atoms with van der Waals surface area (Å²) in [6.07, 6.45) is 1.12. The molecule has 62 valence electrons. The van der Waals surface area contributed by atoms with Crippen molar-refractivity contribution in [3.63, 3.8) is 0 Å². The van der Waals surface area contributed by atoms with Crippen LogP contribution in [0.5, 0.6) is 0 Å². The molecule has 2 nitrogen and oxygen atoms in total. The summed E-state index contributed by atoms with van der Waals surface area (Å²) >= 11 is 4.16. The maximum atomic E-state index is 5.52. The molecule has 0 radical (unpaired) electrons. The van der Waals surface area contributed by atoms with Gasteiger partial charge in [0.1, 0.15) is 0 Å². The van der Waals surface area contributed by atoms with Crippen molar-refractivity contribution in [2.75, 3.05) is 19.0 Å². The van der Waals surface area contributed by atoms with E-state index in [4.69, 9.17) is 5.73 Å². The van der Waals surface area contributed by atoms with Crippen LogP contribution in [0.2, 0.25) is 0 Å². The Hall–Kier alpha value is 0.270.